The standard InChI is InChI=1S/C21H22N4O5S/c1-13(20(26)22-14-4-9-17-18(10-14)30-12-29-17)31-21-24-23-19(25(21)2)11-28-16-7-5-15(27-3)6-8-16/h4-10,13H,11-12H2,1-3H3,(H,22,26)/t13-/m1/s1. The van der Waals surface area contributed by atoms with E-state index in [1.807, 2.05) is 42.8 Å². The van der Waals surface area contributed by atoms with Crippen LogP contribution >= 0.6 is 11.8 Å². The Morgan fingerprint density at radius 3 is 2.68 bits per heavy atom. The lowest BCUT2D eigenvalue weighted by atomic mass is 10.2. The zero-order valence-electron chi connectivity index (χ0n) is 17.3. The van der Waals surface area contributed by atoms with Gasteiger partial charge in [-0.1, -0.05) is 11.8 Å². The van der Waals surface area contributed by atoms with Crippen molar-refractivity contribution in [3.63, 3.8) is 0 Å². The highest BCUT2D eigenvalue weighted by Crippen LogP contribution is 2.34. The summed E-state index contributed by atoms with van der Waals surface area (Å²) in [4.78, 5) is 12.6. The quantitative estimate of drug-likeness (QED) is 0.531. The molecule has 1 N–H and O–H groups in total. The predicted octanol–water partition coefficient (Wildman–Crippen LogP) is 3.25. The fraction of sp³-hybridized carbons (Fsp3) is 0.286. The van der Waals surface area contributed by atoms with E-state index in [1.54, 1.807) is 25.3 Å². The van der Waals surface area contributed by atoms with Gasteiger partial charge in [0.05, 0.1) is 12.4 Å². The fourth-order valence-corrected chi connectivity index (χ4v) is 3.66. The van der Waals surface area contributed by atoms with Gasteiger partial charge in [-0.2, -0.15) is 0 Å². The smallest absolute Gasteiger partial charge is 0.237 e. The number of hydrogen-bond acceptors (Lipinski definition) is 8. The molecule has 0 bridgehead atoms. The van der Waals surface area contributed by atoms with Crippen molar-refractivity contribution < 1.29 is 23.7 Å². The third-order valence-corrected chi connectivity index (χ3v) is 5.78. The Morgan fingerprint density at radius 1 is 1.16 bits per heavy atom. The van der Waals surface area contributed by atoms with Gasteiger partial charge < -0.3 is 28.8 Å². The van der Waals surface area contributed by atoms with Crippen LogP contribution in [0, 0.1) is 0 Å². The van der Waals surface area contributed by atoms with Gasteiger partial charge in [0.2, 0.25) is 12.7 Å². The Labute approximate surface area is 183 Å². The van der Waals surface area contributed by atoms with E-state index in [0.29, 0.717) is 33.9 Å². The molecule has 2 heterocycles. The Morgan fingerprint density at radius 2 is 1.90 bits per heavy atom. The number of aromatic nitrogens is 3. The van der Waals surface area contributed by atoms with E-state index in [4.69, 9.17) is 18.9 Å². The average molecular weight is 442 g/mol. The molecule has 0 aliphatic carbocycles. The third kappa shape index (κ3) is 4.85. The SMILES string of the molecule is COc1ccc(OCc2nnc(S[C@H](C)C(=O)Nc3ccc4c(c3)OCO4)n2C)cc1. The maximum absolute atomic E-state index is 12.6. The number of fused-ring (bicyclic) bond motifs is 1. The van der Waals surface area contributed by atoms with Crippen LogP contribution in [0.2, 0.25) is 0 Å². The summed E-state index contributed by atoms with van der Waals surface area (Å²) in [6, 6.07) is 12.6. The number of carbonyl (C=O) groups excluding carboxylic acids is 1. The van der Waals surface area contributed by atoms with Crippen LogP contribution in [-0.2, 0) is 18.4 Å². The molecule has 0 fully saturated rings. The Hall–Kier alpha value is -3.40. The number of rotatable bonds is 8. The number of thioether (sulfide) groups is 1. The van der Waals surface area contributed by atoms with Crippen LogP contribution in [0.4, 0.5) is 5.69 Å². The molecule has 162 valence electrons. The minimum atomic E-state index is -0.385. The van der Waals surface area contributed by atoms with Crippen molar-refractivity contribution in [3.8, 4) is 23.0 Å². The van der Waals surface area contributed by atoms with E-state index in [0.717, 1.165) is 5.75 Å². The summed E-state index contributed by atoms with van der Waals surface area (Å²) in [5.41, 5.74) is 0.647. The van der Waals surface area contributed by atoms with Crippen molar-refractivity contribution in [1.29, 1.82) is 0 Å². The maximum Gasteiger partial charge on any atom is 0.237 e. The topological polar surface area (TPSA) is 96.7 Å². The summed E-state index contributed by atoms with van der Waals surface area (Å²) in [5, 5.41) is 11.5. The minimum Gasteiger partial charge on any atom is -0.497 e. The first-order chi connectivity index (χ1) is 15.0. The Kier molecular flexibility index (Phi) is 6.17. The maximum atomic E-state index is 12.6. The van der Waals surface area contributed by atoms with Gasteiger partial charge in [0.1, 0.15) is 18.1 Å². The molecule has 1 amide bonds. The molecule has 3 aromatic rings. The monoisotopic (exact) mass is 442 g/mol. The summed E-state index contributed by atoms with van der Waals surface area (Å²) >= 11 is 1.32. The third-order valence-electron chi connectivity index (χ3n) is 4.64. The Bertz CT molecular complexity index is 1070. The van der Waals surface area contributed by atoms with Gasteiger partial charge >= 0.3 is 0 Å². The van der Waals surface area contributed by atoms with Gasteiger partial charge in [0.25, 0.3) is 0 Å². The average Bonchev–Trinajstić information content (AvgIpc) is 3.39. The number of methoxy groups -OCH3 is 1. The van der Waals surface area contributed by atoms with E-state index >= 15 is 0 Å². The molecule has 9 nitrogen and oxygen atoms in total. The lowest BCUT2D eigenvalue weighted by Crippen LogP contribution is -2.22. The van der Waals surface area contributed by atoms with Crippen LogP contribution in [-0.4, -0.2) is 39.8 Å². The van der Waals surface area contributed by atoms with Crippen LogP contribution < -0.4 is 24.3 Å². The molecule has 0 saturated carbocycles. The van der Waals surface area contributed by atoms with Crippen LogP contribution in [0.1, 0.15) is 12.7 Å². The lowest BCUT2D eigenvalue weighted by Gasteiger charge is -2.12. The van der Waals surface area contributed by atoms with Gasteiger partial charge in [-0.15, -0.1) is 10.2 Å². The fourth-order valence-electron chi connectivity index (χ4n) is 2.82. The van der Waals surface area contributed by atoms with E-state index in [2.05, 4.69) is 15.5 Å². The zero-order valence-corrected chi connectivity index (χ0v) is 18.1. The molecule has 0 radical (unpaired) electrons. The number of anilines is 1. The molecule has 0 saturated heterocycles. The Balaban J connectivity index is 1.33. The van der Waals surface area contributed by atoms with Crippen molar-refractivity contribution >= 4 is 23.4 Å². The summed E-state index contributed by atoms with van der Waals surface area (Å²) in [5.74, 6) is 3.26. The van der Waals surface area contributed by atoms with Crippen LogP contribution in [0.3, 0.4) is 0 Å². The highest BCUT2D eigenvalue weighted by molar-refractivity contribution is 8.00. The van der Waals surface area contributed by atoms with Crippen molar-refractivity contribution in [1.82, 2.24) is 14.8 Å². The number of amides is 1. The summed E-state index contributed by atoms with van der Waals surface area (Å²) in [6.07, 6.45) is 0. The molecule has 2 aromatic carbocycles. The van der Waals surface area contributed by atoms with Gasteiger partial charge in [-0.05, 0) is 43.3 Å². The molecule has 1 aliphatic rings. The highest BCUT2D eigenvalue weighted by atomic mass is 32.2. The molecule has 1 aliphatic heterocycles. The van der Waals surface area contributed by atoms with E-state index in [9.17, 15) is 4.79 Å². The summed E-state index contributed by atoms with van der Waals surface area (Å²) in [6.45, 7) is 2.26. The molecule has 1 aromatic heterocycles. The van der Waals surface area contributed by atoms with E-state index in [1.165, 1.54) is 11.8 Å². The molecule has 4 rings (SSSR count). The van der Waals surface area contributed by atoms with Crippen molar-refractivity contribution in [2.24, 2.45) is 7.05 Å². The van der Waals surface area contributed by atoms with Gasteiger partial charge in [0, 0.05) is 18.8 Å². The van der Waals surface area contributed by atoms with Crippen LogP contribution in [0.15, 0.2) is 47.6 Å². The molecular weight excluding hydrogens is 420 g/mol. The van der Waals surface area contributed by atoms with Crippen molar-refractivity contribution in [2.75, 3.05) is 19.2 Å². The minimum absolute atomic E-state index is 0.150. The van der Waals surface area contributed by atoms with Crippen LogP contribution in [0.5, 0.6) is 23.0 Å². The molecule has 0 unspecified atom stereocenters. The first kappa shape index (κ1) is 20.9. The normalized spacial score (nSPS) is 13.0. The number of nitrogens with zero attached hydrogens (tertiary/aromatic N) is 3. The van der Waals surface area contributed by atoms with E-state index in [-0.39, 0.29) is 24.6 Å². The molecule has 0 spiro atoms. The molecule has 1 atom stereocenters. The van der Waals surface area contributed by atoms with E-state index < -0.39 is 0 Å². The largest absolute Gasteiger partial charge is 0.497 e. The number of ether oxygens (including phenoxy) is 4. The van der Waals surface area contributed by atoms with Gasteiger partial charge in [0.15, 0.2) is 22.5 Å². The van der Waals surface area contributed by atoms with Gasteiger partial charge in [-0.25, -0.2) is 0 Å². The van der Waals surface area contributed by atoms with Crippen molar-refractivity contribution in [2.45, 2.75) is 23.9 Å². The summed E-state index contributed by atoms with van der Waals surface area (Å²) < 4.78 is 23.3. The number of nitrogens with one attached hydrogen (secondary N) is 1. The van der Waals surface area contributed by atoms with Crippen LogP contribution in [0.25, 0.3) is 0 Å². The second-order valence-electron chi connectivity index (χ2n) is 6.74. The first-order valence-electron chi connectivity index (χ1n) is 9.56. The molecule has 31 heavy (non-hydrogen) atoms. The zero-order chi connectivity index (χ0) is 21.8. The first-order valence-corrected chi connectivity index (χ1v) is 10.4. The van der Waals surface area contributed by atoms with Gasteiger partial charge in [-0.3, -0.25) is 4.79 Å². The number of benzene rings is 2. The number of hydrogen-bond donors (Lipinski definition) is 1. The summed E-state index contributed by atoms with van der Waals surface area (Å²) in [7, 11) is 3.46. The lowest BCUT2D eigenvalue weighted by molar-refractivity contribution is -0.115. The molecule has 10 heteroatoms. The molecular formula is C21H22N4O5S. The second kappa shape index (κ2) is 9.17. The second-order valence-corrected chi connectivity index (χ2v) is 8.05. The predicted molar refractivity (Wildman–Crippen MR) is 115 cm³/mol. The van der Waals surface area contributed by atoms with Crippen molar-refractivity contribution in [3.05, 3.63) is 48.3 Å². The number of carbonyl (C=O) groups is 1. The highest BCUT2D eigenvalue weighted by Gasteiger charge is 2.20.